The smallest absolute Gasteiger partial charge is 0.136 e. The summed E-state index contributed by atoms with van der Waals surface area (Å²) in [4.78, 5) is 2.41. The van der Waals surface area contributed by atoms with Gasteiger partial charge in [0.05, 0.1) is 0 Å². The molecule has 0 fully saturated rings. The number of rotatable bonds is 6. The molecule has 0 bridgehead atoms. The molecule has 0 N–H and O–H groups in total. The molecule has 2 heteroatoms. The highest BCUT2D eigenvalue weighted by Crippen LogP contribution is 2.45. The molecule has 1 heterocycles. The van der Waals surface area contributed by atoms with Crippen molar-refractivity contribution in [1.29, 1.82) is 0 Å². The molecule has 0 aliphatic rings. The van der Waals surface area contributed by atoms with Crippen LogP contribution in [0.25, 0.3) is 87.6 Å². The van der Waals surface area contributed by atoms with Gasteiger partial charge in [0.1, 0.15) is 11.2 Å². The molecule has 0 aliphatic heterocycles. The van der Waals surface area contributed by atoms with Crippen LogP contribution in [-0.4, -0.2) is 0 Å². The quantitative estimate of drug-likeness (QED) is 0.160. The fourth-order valence-corrected chi connectivity index (χ4v) is 8.53. The fraction of sp³-hybridized carbons (Fsp3) is 0. The van der Waals surface area contributed by atoms with Crippen LogP contribution in [0.5, 0.6) is 0 Å². The highest BCUT2D eigenvalue weighted by atomic mass is 16.3. The maximum atomic E-state index is 6.55. The Morgan fingerprint density at radius 1 is 0.286 bits per heavy atom. The molecule has 0 atom stereocenters. The van der Waals surface area contributed by atoms with Gasteiger partial charge in [-0.25, -0.2) is 0 Å². The molecule has 262 valence electrons. The lowest BCUT2D eigenvalue weighted by atomic mass is 9.91. The van der Waals surface area contributed by atoms with Crippen LogP contribution in [0.1, 0.15) is 0 Å². The maximum Gasteiger partial charge on any atom is 0.136 e. The van der Waals surface area contributed by atoms with Crippen molar-refractivity contribution in [3.8, 4) is 33.4 Å². The molecule has 0 radical (unpaired) electrons. The first-order valence-electron chi connectivity index (χ1n) is 19.2. The van der Waals surface area contributed by atoms with Crippen LogP contribution in [0, 0.1) is 0 Å². The molecule has 2 nitrogen and oxygen atoms in total. The van der Waals surface area contributed by atoms with E-state index in [2.05, 4.69) is 217 Å². The van der Waals surface area contributed by atoms with Crippen molar-refractivity contribution in [2.75, 3.05) is 4.90 Å². The van der Waals surface area contributed by atoms with E-state index in [4.69, 9.17) is 4.42 Å². The zero-order valence-electron chi connectivity index (χ0n) is 30.6. The normalized spacial score (nSPS) is 11.6. The van der Waals surface area contributed by atoms with E-state index >= 15 is 0 Å². The monoisotopic (exact) mass is 713 g/mol. The van der Waals surface area contributed by atoms with Gasteiger partial charge >= 0.3 is 0 Å². The lowest BCUT2D eigenvalue weighted by molar-refractivity contribution is 0.669. The second-order valence-corrected chi connectivity index (χ2v) is 14.5. The predicted molar refractivity (Wildman–Crippen MR) is 237 cm³/mol. The SMILES string of the molecule is c1ccc(-c2cccc(N(c3ccc(-c4cccc5oc6cc7ccccc7cc6c45)c(-c4ccccc4)c3)c3ccc4ccc5ccccc5c4c3)c2)cc1. The Hall–Kier alpha value is -7.42. The van der Waals surface area contributed by atoms with E-state index in [1.165, 1.54) is 43.4 Å². The molecule has 0 unspecified atom stereocenters. The van der Waals surface area contributed by atoms with Crippen molar-refractivity contribution in [3.05, 3.63) is 212 Å². The minimum absolute atomic E-state index is 0.888. The van der Waals surface area contributed by atoms with Crippen LogP contribution in [-0.2, 0) is 0 Å². The minimum atomic E-state index is 0.888. The molecule has 0 aliphatic carbocycles. The van der Waals surface area contributed by atoms with Gasteiger partial charge in [0, 0.05) is 27.8 Å². The number of benzene rings is 10. The largest absolute Gasteiger partial charge is 0.456 e. The maximum absolute atomic E-state index is 6.55. The van der Waals surface area contributed by atoms with E-state index in [0.29, 0.717) is 0 Å². The summed E-state index contributed by atoms with van der Waals surface area (Å²) in [6.45, 7) is 0. The summed E-state index contributed by atoms with van der Waals surface area (Å²) in [5.41, 5.74) is 12.0. The average Bonchev–Trinajstić information content (AvgIpc) is 3.64. The third-order valence-electron chi connectivity index (χ3n) is 11.2. The summed E-state index contributed by atoms with van der Waals surface area (Å²) < 4.78 is 6.55. The Bertz CT molecular complexity index is 3250. The van der Waals surface area contributed by atoms with Crippen molar-refractivity contribution in [2.24, 2.45) is 0 Å². The Kier molecular flexibility index (Phi) is 7.53. The Labute approximate surface area is 325 Å². The Morgan fingerprint density at radius 2 is 0.893 bits per heavy atom. The van der Waals surface area contributed by atoms with Gasteiger partial charge in [0.15, 0.2) is 0 Å². The number of anilines is 3. The van der Waals surface area contributed by atoms with E-state index in [-0.39, 0.29) is 0 Å². The molecule has 10 aromatic carbocycles. The summed E-state index contributed by atoms with van der Waals surface area (Å²) >= 11 is 0. The second kappa shape index (κ2) is 13.2. The molecule has 0 amide bonds. The summed E-state index contributed by atoms with van der Waals surface area (Å²) in [6.07, 6.45) is 0. The topological polar surface area (TPSA) is 16.4 Å². The standard InChI is InChI=1S/C54H35NO/c1-3-13-36(14-4-1)40-20-11-21-43(31-40)55(44-28-27-39-26-25-38-17-9-10-22-46(38)49(39)34-44)45-29-30-47(50(35-45)37-15-5-2-6-16-37)48-23-12-24-52-54(48)51-32-41-18-7-8-19-42(41)33-53(51)56-52/h1-35H. The second-order valence-electron chi connectivity index (χ2n) is 14.5. The Morgan fingerprint density at radius 3 is 1.71 bits per heavy atom. The number of hydrogen-bond donors (Lipinski definition) is 0. The van der Waals surface area contributed by atoms with Gasteiger partial charge in [-0.2, -0.15) is 0 Å². The van der Waals surface area contributed by atoms with Gasteiger partial charge in [-0.1, -0.05) is 158 Å². The van der Waals surface area contributed by atoms with Crippen molar-refractivity contribution in [3.63, 3.8) is 0 Å². The molecule has 0 saturated heterocycles. The first kappa shape index (κ1) is 32.0. The lowest BCUT2D eigenvalue weighted by Crippen LogP contribution is -2.10. The highest BCUT2D eigenvalue weighted by molar-refractivity contribution is 6.17. The zero-order chi connectivity index (χ0) is 37.0. The van der Waals surface area contributed by atoms with Crippen molar-refractivity contribution in [1.82, 2.24) is 0 Å². The van der Waals surface area contributed by atoms with Crippen LogP contribution in [0.15, 0.2) is 217 Å². The van der Waals surface area contributed by atoms with E-state index in [9.17, 15) is 0 Å². The minimum Gasteiger partial charge on any atom is -0.456 e. The molecular weight excluding hydrogens is 679 g/mol. The van der Waals surface area contributed by atoms with Crippen molar-refractivity contribution >= 4 is 71.3 Å². The van der Waals surface area contributed by atoms with Crippen LogP contribution in [0.3, 0.4) is 0 Å². The van der Waals surface area contributed by atoms with Gasteiger partial charge in [-0.15, -0.1) is 0 Å². The van der Waals surface area contributed by atoms with E-state index < -0.39 is 0 Å². The summed E-state index contributed by atoms with van der Waals surface area (Å²) in [6, 6.07) is 76.6. The van der Waals surface area contributed by atoms with E-state index in [0.717, 1.165) is 61.3 Å². The summed E-state index contributed by atoms with van der Waals surface area (Å²) in [7, 11) is 0. The number of furan rings is 1. The third kappa shape index (κ3) is 5.42. The van der Waals surface area contributed by atoms with Crippen LogP contribution in [0.2, 0.25) is 0 Å². The van der Waals surface area contributed by atoms with Crippen LogP contribution >= 0.6 is 0 Å². The van der Waals surface area contributed by atoms with Crippen molar-refractivity contribution in [2.45, 2.75) is 0 Å². The molecule has 0 spiro atoms. The average molecular weight is 714 g/mol. The lowest BCUT2D eigenvalue weighted by Gasteiger charge is -2.28. The van der Waals surface area contributed by atoms with Gasteiger partial charge in [-0.3, -0.25) is 0 Å². The molecule has 1 aromatic heterocycles. The third-order valence-corrected chi connectivity index (χ3v) is 11.2. The highest BCUT2D eigenvalue weighted by Gasteiger charge is 2.20. The van der Waals surface area contributed by atoms with Crippen molar-refractivity contribution < 1.29 is 4.42 Å². The summed E-state index contributed by atoms with van der Waals surface area (Å²) in [5.74, 6) is 0. The van der Waals surface area contributed by atoms with Gasteiger partial charge in [0.25, 0.3) is 0 Å². The van der Waals surface area contributed by atoms with Crippen LogP contribution < -0.4 is 4.90 Å². The Balaban J connectivity index is 1.16. The first-order valence-corrected chi connectivity index (χ1v) is 19.2. The number of nitrogens with zero attached hydrogens (tertiary/aromatic N) is 1. The molecule has 11 rings (SSSR count). The van der Waals surface area contributed by atoms with Gasteiger partial charge < -0.3 is 9.32 Å². The number of hydrogen-bond acceptors (Lipinski definition) is 2. The summed E-state index contributed by atoms with van der Waals surface area (Å²) in [5, 5.41) is 9.57. The van der Waals surface area contributed by atoms with Gasteiger partial charge in [-0.05, 0) is 120 Å². The number of fused-ring (bicyclic) bond motifs is 7. The van der Waals surface area contributed by atoms with Crippen LogP contribution in [0.4, 0.5) is 17.1 Å². The zero-order valence-corrected chi connectivity index (χ0v) is 30.6. The van der Waals surface area contributed by atoms with Gasteiger partial charge in [0.2, 0.25) is 0 Å². The first-order chi connectivity index (χ1) is 27.7. The van der Waals surface area contributed by atoms with E-state index in [1.54, 1.807) is 0 Å². The fourth-order valence-electron chi connectivity index (χ4n) is 8.53. The van der Waals surface area contributed by atoms with E-state index in [1.807, 2.05) is 0 Å². The predicted octanol–water partition coefficient (Wildman–Crippen LogP) is 15.5. The molecule has 11 aromatic rings. The molecule has 0 saturated carbocycles. The molecular formula is C54H35NO. The molecule has 56 heavy (non-hydrogen) atoms.